The summed E-state index contributed by atoms with van der Waals surface area (Å²) in [6.45, 7) is 3.26. The van der Waals surface area contributed by atoms with Crippen molar-refractivity contribution < 1.29 is 9.84 Å². The Kier molecular flexibility index (Phi) is 5.86. The number of para-hydroxylation sites is 1. The molecule has 1 aromatic rings. The van der Waals surface area contributed by atoms with Gasteiger partial charge in [-0.05, 0) is 18.6 Å². The molecular weight excluding hydrogens is 188 g/mol. The zero-order chi connectivity index (χ0) is 10.9. The summed E-state index contributed by atoms with van der Waals surface area (Å²) in [6.07, 6.45) is 6.02. The fraction of sp³-hybridized carbons (Fsp3) is 0.538. The van der Waals surface area contributed by atoms with Crippen molar-refractivity contribution in [3.63, 3.8) is 0 Å². The van der Waals surface area contributed by atoms with Gasteiger partial charge in [0.05, 0.1) is 12.7 Å². The highest BCUT2D eigenvalue weighted by Crippen LogP contribution is 2.16. The summed E-state index contributed by atoms with van der Waals surface area (Å²) >= 11 is 0. The average molecular weight is 208 g/mol. The third kappa shape index (κ3) is 6.97. The quantitative estimate of drug-likeness (QED) is 0.608. The molecule has 0 bridgehead atoms. The molecule has 1 aliphatic rings. The Morgan fingerprint density at radius 2 is 1.93 bits per heavy atom. The highest BCUT2D eigenvalue weighted by Gasteiger charge is 2.20. The Morgan fingerprint density at radius 1 is 1.27 bits per heavy atom. The first-order valence-electron chi connectivity index (χ1n) is 5.68. The van der Waals surface area contributed by atoms with Gasteiger partial charge in [0.25, 0.3) is 0 Å². The molecule has 84 valence electrons. The molecule has 0 aliphatic carbocycles. The zero-order valence-corrected chi connectivity index (χ0v) is 9.36. The Bertz CT molecular complexity index is 242. The van der Waals surface area contributed by atoms with Gasteiger partial charge in [-0.25, -0.2) is 0 Å². The van der Waals surface area contributed by atoms with Crippen LogP contribution in [0.25, 0.3) is 0 Å². The van der Waals surface area contributed by atoms with Crippen molar-refractivity contribution in [1.29, 1.82) is 0 Å². The van der Waals surface area contributed by atoms with E-state index in [2.05, 4.69) is 6.92 Å². The highest BCUT2D eigenvalue weighted by molar-refractivity contribution is 5.18. The normalized spacial score (nSPS) is 17.8. The number of hydrogen-bond acceptors (Lipinski definition) is 2. The van der Waals surface area contributed by atoms with Gasteiger partial charge in [0, 0.05) is 0 Å². The Labute approximate surface area is 91.9 Å². The Balaban J connectivity index is 0.000000151. The van der Waals surface area contributed by atoms with Gasteiger partial charge in [0.2, 0.25) is 0 Å². The largest absolute Gasteiger partial charge is 0.508 e. The number of ether oxygens (including phenoxy) is 1. The summed E-state index contributed by atoms with van der Waals surface area (Å²) in [5.74, 6) is 0.322. The molecule has 1 atom stereocenters. The van der Waals surface area contributed by atoms with Crippen LogP contribution in [0, 0.1) is 0 Å². The van der Waals surface area contributed by atoms with E-state index in [0.717, 1.165) is 6.61 Å². The number of rotatable bonds is 4. The molecule has 1 unspecified atom stereocenters. The maximum Gasteiger partial charge on any atom is 0.115 e. The fourth-order valence-corrected chi connectivity index (χ4v) is 1.28. The smallest absolute Gasteiger partial charge is 0.115 e. The van der Waals surface area contributed by atoms with E-state index in [4.69, 9.17) is 9.84 Å². The first-order valence-corrected chi connectivity index (χ1v) is 5.68. The lowest BCUT2D eigenvalue weighted by Gasteiger charge is -1.90. The molecule has 0 aromatic heterocycles. The van der Waals surface area contributed by atoms with Crippen LogP contribution < -0.4 is 0 Å². The summed E-state index contributed by atoms with van der Waals surface area (Å²) in [6, 6.07) is 8.71. The van der Waals surface area contributed by atoms with Crippen LogP contribution in [-0.2, 0) is 4.74 Å². The second-order valence-electron chi connectivity index (χ2n) is 3.79. The van der Waals surface area contributed by atoms with E-state index in [9.17, 15) is 0 Å². The van der Waals surface area contributed by atoms with Crippen molar-refractivity contribution in [1.82, 2.24) is 0 Å². The molecule has 1 aliphatic heterocycles. The molecule has 2 nitrogen and oxygen atoms in total. The van der Waals surface area contributed by atoms with Gasteiger partial charge in [-0.2, -0.15) is 0 Å². The van der Waals surface area contributed by atoms with Crippen LogP contribution >= 0.6 is 0 Å². The number of phenolic OH excluding ortho intramolecular Hbond substituents is 1. The van der Waals surface area contributed by atoms with E-state index in [1.54, 1.807) is 24.3 Å². The summed E-state index contributed by atoms with van der Waals surface area (Å²) in [5.41, 5.74) is 0. The molecule has 2 heteroatoms. The van der Waals surface area contributed by atoms with Gasteiger partial charge in [-0.1, -0.05) is 44.4 Å². The molecule has 1 saturated heterocycles. The monoisotopic (exact) mass is 208 g/mol. The van der Waals surface area contributed by atoms with Crippen molar-refractivity contribution >= 4 is 0 Å². The number of hydrogen-bond donors (Lipinski definition) is 1. The molecule has 1 aromatic carbocycles. The molecule has 0 amide bonds. The van der Waals surface area contributed by atoms with Crippen LogP contribution in [0.1, 0.15) is 32.6 Å². The summed E-state index contributed by atoms with van der Waals surface area (Å²) in [5, 5.41) is 8.63. The third-order valence-corrected chi connectivity index (χ3v) is 2.29. The molecule has 0 spiro atoms. The maximum atomic E-state index is 8.63. The molecule has 1 heterocycles. The fourth-order valence-electron chi connectivity index (χ4n) is 1.28. The van der Waals surface area contributed by atoms with Crippen LogP contribution in [0.4, 0.5) is 0 Å². The van der Waals surface area contributed by atoms with Gasteiger partial charge in [0.15, 0.2) is 0 Å². The molecule has 0 saturated carbocycles. The average Bonchev–Trinajstić information content (AvgIpc) is 3.04. The van der Waals surface area contributed by atoms with Gasteiger partial charge < -0.3 is 9.84 Å². The van der Waals surface area contributed by atoms with Crippen LogP contribution in [0.5, 0.6) is 5.75 Å². The van der Waals surface area contributed by atoms with E-state index < -0.39 is 0 Å². The predicted octanol–water partition coefficient (Wildman–Crippen LogP) is 3.36. The minimum absolute atomic E-state index is 0.322. The van der Waals surface area contributed by atoms with Crippen molar-refractivity contribution in [3.8, 4) is 5.75 Å². The van der Waals surface area contributed by atoms with E-state index >= 15 is 0 Å². The number of benzene rings is 1. The van der Waals surface area contributed by atoms with Gasteiger partial charge in [-0.3, -0.25) is 0 Å². The Morgan fingerprint density at radius 3 is 2.33 bits per heavy atom. The molecule has 1 N–H and O–H groups in total. The molecular formula is C13H20O2. The number of phenols is 1. The molecule has 2 rings (SSSR count). The summed E-state index contributed by atoms with van der Waals surface area (Å²) < 4.78 is 5.06. The number of epoxide rings is 1. The van der Waals surface area contributed by atoms with Gasteiger partial charge in [0.1, 0.15) is 5.75 Å². The minimum Gasteiger partial charge on any atom is -0.508 e. The summed E-state index contributed by atoms with van der Waals surface area (Å²) in [4.78, 5) is 0. The molecule has 0 radical (unpaired) electrons. The molecule has 1 fully saturated rings. The van der Waals surface area contributed by atoms with E-state index in [-0.39, 0.29) is 0 Å². The standard InChI is InChI=1S/C7H14O.C6H6O/c1-2-3-4-5-7-6-8-7;7-6-4-2-1-3-5-6/h7H,2-6H2,1H3;1-5,7H. The van der Waals surface area contributed by atoms with Crippen molar-refractivity contribution in [2.24, 2.45) is 0 Å². The second kappa shape index (κ2) is 7.30. The Hall–Kier alpha value is -1.02. The van der Waals surface area contributed by atoms with E-state index in [0.29, 0.717) is 11.9 Å². The number of aromatic hydroxyl groups is 1. The van der Waals surface area contributed by atoms with E-state index in [1.165, 1.54) is 25.7 Å². The van der Waals surface area contributed by atoms with Gasteiger partial charge in [-0.15, -0.1) is 0 Å². The lowest BCUT2D eigenvalue weighted by Crippen LogP contribution is -1.83. The molecule has 15 heavy (non-hydrogen) atoms. The lowest BCUT2D eigenvalue weighted by molar-refractivity contribution is 0.389. The van der Waals surface area contributed by atoms with Crippen molar-refractivity contribution in [3.05, 3.63) is 30.3 Å². The second-order valence-corrected chi connectivity index (χ2v) is 3.79. The van der Waals surface area contributed by atoms with Crippen LogP contribution in [0.3, 0.4) is 0 Å². The van der Waals surface area contributed by atoms with Gasteiger partial charge >= 0.3 is 0 Å². The minimum atomic E-state index is 0.322. The zero-order valence-electron chi connectivity index (χ0n) is 9.36. The lowest BCUT2D eigenvalue weighted by atomic mass is 10.2. The highest BCUT2D eigenvalue weighted by atomic mass is 16.6. The van der Waals surface area contributed by atoms with Crippen molar-refractivity contribution in [2.45, 2.75) is 38.7 Å². The van der Waals surface area contributed by atoms with Crippen LogP contribution in [0.15, 0.2) is 30.3 Å². The number of unbranched alkanes of at least 4 members (excludes halogenated alkanes) is 2. The van der Waals surface area contributed by atoms with E-state index in [1.807, 2.05) is 6.07 Å². The first kappa shape index (κ1) is 12.1. The topological polar surface area (TPSA) is 32.8 Å². The van der Waals surface area contributed by atoms with Crippen molar-refractivity contribution in [2.75, 3.05) is 6.61 Å². The predicted molar refractivity (Wildman–Crippen MR) is 62.0 cm³/mol. The third-order valence-electron chi connectivity index (χ3n) is 2.29. The summed E-state index contributed by atoms with van der Waals surface area (Å²) in [7, 11) is 0. The maximum absolute atomic E-state index is 8.63. The van der Waals surface area contributed by atoms with Crippen LogP contribution in [0.2, 0.25) is 0 Å². The van der Waals surface area contributed by atoms with Crippen LogP contribution in [-0.4, -0.2) is 17.8 Å². The SMILES string of the molecule is CCCCCC1CO1.Oc1ccccc1. The first-order chi connectivity index (χ1) is 7.33.